The molecule has 4 saturated heterocycles. The van der Waals surface area contributed by atoms with Gasteiger partial charge in [0.2, 0.25) is 5.95 Å². The molecule has 4 unspecified atom stereocenters. The monoisotopic (exact) mass is 759 g/mol. The van der Waals surface area contributed by atoms with Gasteiger partial charge in [-0.3, -0.25) is 32.5 Å². The van der Waals surface area contributed by atoms with Crippen molar-refractivity contribution < 1.29 is 52.0 Å². The minimum atomic E-state index is -4.41. The Bertz CT molecular complexity index is 2080. The Labute approximate surface area is 285 Å². The molecule has 0 amide bonds. The molecule has 0 spiro atoms. The Balaban J connectivity index is 1.17. The van der Waals surface area contributed by atoms with Crippen molar-refractivity contribution in [2.75, 3.05) is 51.0 Å². The van der Waals surface area contributed by atoms with Crippen LogP contribution >= 0.6 is 14.5 Å². The zero-order valence-electron chi connectivity index (χ0n) is 25.6. The van der Waals surface area contributed by atoms with Gasteiger partial charge in [0.05, 0.1) is 39.1 Å². The predicted molar refractivity (Wildman–Crippen MR) is 170 cm³/mol. The summed E-state index contributed by atoms with van der Waals surface area (Å²) in [7, 11) is -4.41. The van der Waals surface area contributed by atoms with Crippen LogP contribution in [0.2, 0.25) is 0 Å². The number of nitrogens with two attached hydrogens (primary N) is 2. The number of anilines is 2. The van der Waals surface area contributed by atoms with Gasteiger partial charge in [-0.05, 0) is 11.8 Å². The molecular formula is C24H31N11O12P2S. The third-order valence-corrected chi connectivity index (χ3v) is 12.3. The van der Waals surface area contributed by atoms with Crippen molar-refractivity contribution in [1.82, 2.24) is 43.7 Å². The van der Waals surface area contributed by atoms with E-state index in [-0.39, 0.29) is 60.4 Å². The van der Waals surface area contributed by atoms with E-state index in [0.29, 0.717) is 0 Å². The van der Waals surface area contributed by atoms with Crippen LogP contribution in [0.15, 0.2) is 23.8 Å². The van der Waals surface area contributed by atoms with Crippen LogP contribution < -0.4 is 17.0 Å². The van der Waals surface area contributed by atoms with Gasteiger partial charge >= 0.3 is 14.5 Å². The third kappa shape index (κ3) is 5.93. The molecule has 270 valence electrons. The highest BCUT2D eigenvalue weighted by atomic mass is 32.5. The number of hydrogen-bond acceptors (Lipinski definition) is 19. The quantitative estimate of drug-likeness (QED) is 0.124. The van der Waals surface area contributed by atoms with Crippen LogP contribution in [-0.4, -0.2) is 135 Å². The summed E-state index contributed by atoms with van der Waals surface area (Å²) in [6, 6.07) is 0. The number of nitrogens with one attached hydrogen (secondary N) is 1. The van der Waals surface area contributed by atoms with Crippen LogP contribution in [0.25, 0.3) is 22.3 Å². The first-order chi connectivity index (χ1) is 23.9. The number of nitrogens with zero attached hydrogens (tertiary/aromatic N) is 8. The summed E-state index contributed by atoms with van der Waals surface area (Å²) < 4.78 is 60.5. The van der Waals surface area contributed by atoms with E-state index in [2.05, 4.69) is 29.9 Å². The average molecular weight is 760 g/mol. The van der Waals surface area contributed by atoms with E-state index in [9.17, 15) is 24.5 Å². The number of aliphatic hydroxyl groups is 2. The highest BCUT2D eigenvalue weighted by Crippen LogP contribution is 2.58. The predicted octanol–water partition coefficient (Wildman–Crippen LogP) is -1.89. The molecule has 0 aromatic carbocycles. The molecule has 4 aromatic rings. The van der Waals surface area contributed by atoms with Gasteiger partial charge in [0.1, 0.15) is 48.5 Å². The van der Waals surface area contributed by atoms with E-state index in [4.69, 9.17) is 55.6 Å². The second-order valence-electron chi connectivity index (χ2n) is 11.7. The van der Waals surface area contributed by atoms with Crippen molar-refractivity contribution in [3.63, 3.8) is 0 Å². The van der Waals surface area contributed by atoms with Crippen LogP contribution in [0, 0.1) is 0 Å². The molecule has 8 rings (SSSR count). The molecule has 0 saturated carbocycles. The van der Waals surface area contributed by atoms with Crippen LogP contribution in [-0.2, 0) is 48.7 Å². The maximum absolute atomic E-state index is 14.9. The minimum Gasteiger partial charge on any atom is -0.387 e. The lowest BCUT2D eigenvalue weighted by Gasteiger charge is -2.36. The van der Waals surface area contributed by atoms with Gasteiger partial charge in [0, 0.05) is 13.1 Å². The SMILES string of the molecule is Nc1nc2c(ncn2[C@@H]2O[C@@H]3COP(O)(=S)OC4[C@@H](COP(=O)(N5CCOCC5)O[C@H]2C3O)O[C@@H](n2cnc3c(N)ncnc32)[C@H]4O)c(=O)[nH]1. The number of hydrogen-bond donors (Lipinski definition) is 6. The van der Waals surface area contributed by atoms with E-state index in [0.717, 1.165) is 0 Å². The molecular weight excluding hydrogens is 728 g/mol. The Morgan fingerprint density at radius 2 is 1.58 bits per heavy atom. The highest BCUT2D eigenvalue weighted by Gasteiger charge is 2.54. The van der Waals surface area contributed by atoms with E-state index < -0.39 is 82.3 Å². The molecule has 23 nitrogen and oxygen atoms in total. The number of imidazole rings is 2. The number of fused-ring (bicyclic) bond motifs is 5. The molecule has 8 N–H and O–H groups in total. The minimum absolute atomic E-state index is 0.0151. The number of aromatic nitrogens is 8. The maximum Gasteiger partial charge on any atom is 0.408 e. The second kappa shape index (κ2) is 12.9. The van der Waals surface area contributed by atoms with Gasteiger partial charge in [-0.2, -0.15) is 4.98 Å². The van der Waals surface area contributed by atoms with Gasteiger partial charge in [-0.1, -0.05) is 0 Å². The molecule has 2 bridgehead atoms. The third-order valence-electron chi connectivity index (χ3n) is 8.66. The Kier molecular flexibility index (Phi) is 8.76. The smallest absolute Gasteiger partial charge is 0.387 e. The van der Waals surface area contributed by atoms with Gasteiger partial charge < -0.3 is 45.3 Å². The van der Waals surface area contributed by atoms with Crippen molar-refractivity contribution in [2.45, 2.75) is 49.1 Å². The normalized spacial score (nSPS) is 37.3. The summed E-state index contributed by atoms with van der Waals surface area (Å²) >= 11 is 5.31. The number of H-pyrrole nitrogens is 1. The molecule has 4 fully saturated rings. The van der Waals surface area contributed by atoms with Crippen LogP contribution in [0.4, 0.5) is 11.8 Å². The Morgan fingerprint density at radius 1 is 0.880 bits per heavy atom. The number of ether oxygens (including phenoxy) is 3. The van der Waals surface area contributed by atoms with E-state index >= 15 is 0 Å². The van der Waals surface area contributed by atoms with E-state index in [1.54, 1.807) is 0 Å². The Hall–Kier alpha value is -3.06. The van der Waals surface area contributed by atoms with Crippen molar-refractivity contribution in [3.05, 3.63) is 29.3 Å². The van der Waals surface area contributed by atoms with E-state index in [1.165, 1.54) is 32.8 Å². The summed E-state index contributed by atoms with van der Waals surface area (Å²) in [5.74, 6) is -0.118. The zero-order chi connectivity index (χ0) is 34.9. The molecule has 8 heterocycles. The fourth-order valence-corrected chi connectivity index (χ4v) is 9.57. The second-order valence-corrected chi connectivity index (χ2v) is 16.5. The standard InChI is InChI=1S/C24H31N11O12P2S/c25-18-12-19(28-7-27-18)34(8-29-12)22-15(37)16-11(45-22)6-42-48(39,33-1-3-41-4-2-33)46-17-14(36)10(5-43-49(40,50)47-16)44-23(17)35-9-30-13-20(35)31-24(26)32-21(13)38/h7-11,14-17,22-23,36-37H,1-6H2,(H,40,50)(H2,25,27,28)(H3,26,31,32,38)/t10-,11-,14?,15+,16?,17+,22-,23-,48?,49?/m1/s1. The van der Waals surface area contributed by atoms with Crippen molar-refractivity contribution in [3.8, 4) is 0 Å². The number of nitrogen functional groups attached to an aromatic ring is 2. The summed E-state index contributed by atoms with van der Waals surface area (Å²) in [6.45, 7) is -4.68. The lowest BCUT2D eigenvalue weighted by Crippen LogP contribution is -2.41. The van der Waals surface area contributed by atoms with Gasteiger partial charge in [0.25, 0.3) is 5.56 Å². The molecule has 10 atom stereocenters. The summed E-state index contributed by atoms with van der Waals surface area (Å²) in [6.07, 6.45) is -7.21. The highest BCUT2D eigenvalue weighted by molar-refractivity contribution is 8.07. The Morgan fingerprint density at radius 3 is 2.36 bits per heavy atom. The fourth-order valence-electron chi connectivity index (χ4n) is 6.24. The van der Waals surface area contributed by atoms with Crippen LogP contribution in [0.5, 0.6) is 0 Å². The van der Waals surface area contributed by atoms with Crippen molar-refractivity contribution >= 4 is 60.4 Å². The fraction of sp³-hybridized carbons (Fsp3) is 0.583. The van der Waals surface area contributed by atoms with Crippen molar-refractivity contribution in [1.29, 1.82) is 0 Å². The van der Waals surface area contributed by atoms with Crippen LogP contribution in [0.3, 0.4) is 0 Å². The largest absolute Gasteiger partial charge is 0.408 e. The van der Waals surface area contributed by atoms with E-state index in [1.807, 2.05) is 0 Å². The maximum atomic E-state index is 14.9. The first kappa shape index (κ1) is 34.0. The van der Waals surface area contributed by atoms with Gasteiger partial charge in [-0.25, -0.2) is 29.2 Å². The molecule has 26 heteroatoms. The molecule has 0 radical (unpaired) electrons. The molecule has 4 aliphatic heterocycles. The lowest BCUT2D eigenvalue weighted by atomic mass is 10.1. The van der Waals surface area contributed by atoms with Crippen molar-refractivity contribution in [2.24, 2.45) is 0 Å². The number of morpholine rings is 1. The molecule has 0 aliphatic carbocycles. The topological polar surface area (TPSA) is 305 Å². The number of aromatic amines is 1. The average Bonchev–Trinajstić information content (AvgIpc) is 3.85. The number of aliphatic hydroxyl groups excluding tert-OH is 2. The summed E-state index contributed by atoms with van der Waals surface area (Å²) in [5.41, 5.74) is 11.5. The molecule has 50 heavy (non-hydrogen) atoms. The zero-order valence-corrected chi connectivity index (χ0v) is 28.2. The first-order valence-electron chi connectivity index (χ1n) is 15.2. The molecule has 4 aromatic heterocycles. The summed E-state index contributed by atoms with van der Waals surface area (Å²) in [5, 5.41) is 23.0. The lowest BCUT2D eigenvalue weighted by molar-refractivity contribution is -0.0652. The summed E-state index contributed by atoms with van der Waals surface area (Å²) in [4.78, 5) is 46.7. The van der Waals surface area contributed by atoms with Crippen LogP contribution in [0.1, 0.15) is 12.5 Å². The van der Waals surface area contributed by atoms with Gasteiger partial charge in [-0.15, -0.1) is 0 Å². The first-order valence-corrected chi connectivity index (χ1v) is 19.3. The van der Waals surface area contributed by atoms with Gasteiger partial charge in [0.15, 0.2) is 35.1 Å². The number of rotatable bonds is 3. The molecule has 4 aliphatic rings.